The van der Waals surface area contributed by atoms with Crippen LogP contribution in [0.1, 0.15) is 59.3 Å². The Morgan fingerprint density at radius 2 is 0.786 bits per heavy atom. The molecular formula is C12H27ClRu. The second-order valence-electron chi connectivity index (χ2n) is 2.56. The van der Waals surface area contributed by atoms with Crippen molar-refractivity contribution in [2.75, 3.05) is 0 Å². The third kappa shape index (κ3) is 120. The topological polar surface area (TPSA) is 0 Å². The minimum atomic E-state index is 1.07. The number of hydrogen-bond acceptors (Lipinski definition) is 0. The van der Waals surface area contributed by atoms with E-state index < -0.39 is 0 Å². The van der Waals surface area contributed by atoms with Gasteiger partial charge in [-0.3, -0.25) is 0 Å². The number of unbranched alkanes of at least 4 members (excludes halogenated alkanes) is 3. The maximum absolute atomic E-state index is 4.57. The molecule has 0 atom stereocenters. The average Bonchev–Trinajstić information content (AvgIpc) is 2.31. The van der Waals surface area contributed by atoms with Gasteiger partial charge in [-0.15, -0.1) is 0 Å². The van der Waals surface area contributed by atoms with Crippen molar-refractivity contribution in [3.8, 4) is 0 Å². The zero-order valence-electron chi connectivity index (χ0n) is 10.1. The van der Waals surface area contributed by atoms with Crippen molar-refractivity contribution in [3.05, 3.63) is 20.8 Å². The molecule has 0 aromatic carbocycles. The zero-order valence-corrected chi connectivity index (χ0v) is 12.6. The van der Waals surface area contributed by atoms with Crippen LogP contribution in [0.5, 0.6) is 0 Å². The Morgan fingerprint density at radius 1 is 0.714 bits per heavy atom. The van der Waals surface area contributed by atoms with Crippen LogP contribution in [0.15, 0.2) is 0 Å². The first-order valence-corrected chi connectivity index (χ1v) is 7.49. The Bertz CT molecular complexity index is 25.8. The maximum atomic E-state index is 4.57. The van der Waals surface area contributed by atoms with Crippen LogP contribution in [0.25, 0.3) is 0 Å². The Hall–Kier alpha value is 0.913. The van der Waals surface area contributed by atoms with E-state index in [1.807, 2.05) is 17.3 Å². The van der Waals surface area contributed by atoms with Gasteiger partial charge in [-0.1, -0.05) is 40.0 Å². The summed E-state index contributed by atoms with van der Waals surface area (Å²) in [7, 11) is 4.57. The van der Waals surface area contributed by atoms with E-state index in [9.17, 15) is 0 Å². The molecule has 0 radical (unpaired) electrons. The van der Waals surface area contributed by atoms with Crippen LogP contribution in [-0.2, 0) is 17.3 Å². The molecular weight excluding hydrogens is 281 g/mol. The summed E-state index contributed by atoms with van der Waals surface area (Å²) < 4.78 is 0. The Morgan fingerprint density at radius 3 is 0.786 bits per heavy atom. The van der Waals surface area contributed by atoms with Crippen LogP contribution in [0.2, 0.25) is 0 Å². The fourth-order valence-electron chi connectivity index (χ4n) is 0. The van der Waals surface area contributed by atoms with E-state index in [0.717, 1.165) is 19.3 Å². The van der Waals surface area contributed by atoms with Crippen molar-refractivity contribution in [3.63, 3.8) is 0 Å². The third-order valence-corrected chi connectivity index (χ3v) is 1.06. The van der Waals surface area contributed by atoms with Crippen LogP contribution in [0.4, 0.5) is 0 Å². The van der Waals surface area contributed by atoms with Crippen molar-refractivity contribution in [1.82, 2.24) is 0 Å². The Balaban J connectivity index is -0.0000000492. The normalized spacial score (nSPS) is 6.79. The van der Waals surface area contributed by atoms with Crippen LogP contribution >= 0.6 is 9.69 Å². The van der Waals surface area contributed by atoms with Gasteiger partial charge in [-0.2, -0.15) is 19.3 Å². The first-order chi connectivity index (χ1) is 6.74. The van der Waals surface area contributed by atoms with Crippen molar-refractivity contribution in [1.29, 1.82) is 0 Å². The molecule has 0 saturated carbocycles. The molecule has 0 fully saturated rings. The molecule has 0 saturated heterocycles. The fourth-order valence-corrected chi connectivity index (χ4v) is 0. The second-order valence-corrected chi connectivity index (χ2v) is 2.56. The van der Waals surface area contributed by atoms with E-state index in [1.54, 1.807) is 0 Å². The van der Waals surface area contributed by atoms with E-state index >= 15 is 0 Å². The predicted octanol–water partition coefficient (Wildman–Crippen LogP) is 5.55. The molecule has 0 unspecified atom stereocenters. The van der Waals surface area contributed by atoms with Gasteiger partial charge in [0.1, 0.15) is 0 Å². The molecule has 14 heavy (non-hydrogen) atoms. The summed E-state index contributed by atoms with van der Waals surface area (Å²) in [6.45, 7) is 17.2. The molecule has 0 amide bonds. The molecule has 0 bridgehead atoms. The van der Waals surface area contributed by atoms with Crippen LogP contribution in [0, 0.1) is 20.8 Å². The molecule has 0 nitrogen and oxygen atoms in total. The number of rotatable bonds is 3. The van der Waals surface area contributed by atoms with Gasteiger partial charge in [0.15, 0.2) is 0 Å². The van der Waals surface area contributed by atoms with Gasteiger partial charge in [0.25, 0.3) is 0 Å². The number of halogens is 1. The van der Waals surface area contributed by atoms with Crippen molar-refractivity contribution in [2.24, 2.45) is 0 Å². The molecule has 2 heteroatoms. The molecule has 0 aliphatic rings. The molecule has 0 rings (SSSR count). The van der Waals surface area contributed by atoms with Gasteiger partial charge in [0.2, 0.25) is 0 Å². The van der Waals surface area contributed by atoms with Gasteiger partial charge in [0.05, 0.1) is 0 Å². The summed E-state index contributed by atoms with van der Waals surface area (Å²) in [5, 5.41) is 0. The van der Waals surface area contributed by atoms with Crippen molar-refractivity contribution in [2.45, 2.75) is 59.3 Å². The van der Waals surface area contributed by atoms with E-state index in [4.69, 9.17) is 0 Å². The van der Waals surface area contributed by atoms with Gasteiger partial charge >= 0.3 is 27.0 Å². The molecule has 0 aromatic heterocycles. The van der Waals surface area contributed by atoms with E-state index in [0.29, 0.717) is 0 Å². The Kier molecular flexibility index (Phi) is 84.0. The molecule has 0 aliphatic heterocycles. The third-order valence-electron chi connectivity index (χ3n) is 1.06. The van der Waals surface area contributed by atoms with Crippen LogP contribution in [0.3, 0.4) is 0 Å². The molecule has 0 aromatic rings. The van der Waals surface area contributed by atoms with Gasteiger partial charge in [0, 0.05) is 0 Å². The van der Waals surface area contributed by atoms with E-state index in [-0.39, 0.29) is 0 Å². The standard InChI is InChI=1S/3C4H9.ClH.Ru/c3*1-3-4-2;;/h3*1,3-4H2,2H3;1H;/q3*-1;;+4/p-1. The quantitative estimate of drug-likeness (QED) is 0.474. The first-order valence-electron chi connectivity index (χ1n) is 5.25. The molecule has 90 valence electrons. The molecule has 0 aliphatic carbocycles. The summed E-state index contributed by atoms with van der Waals surface area (Å²) in [6.07, 6.45) is 6.83. The summed E-state index contributed by atoms with van der Waals surface area (Å²) in [4.78, 5) is 0. The fraction of sp³-hybridized carbons (Fsp3) is 0.750. The van der Waals surface area contributed by atoms with E-state index in [1.165, 1.54) is 19.3 Å². The minimum absolute atomic E-state index is 1.07. The van der Waals surface area contributed by atoms with E-state index in [2.05, 4.69) is 51.2 Å². The predicted molar refractivity (Wildman–Crippen MR) is 66.6 cm³/mol. The van der Waals surface area contributed by atoms with Crippen molar-refractivity contribution >= 4 is 9.69 Å². The van der Waals surface area contributed by atoms with Crippen LogP contribution in [-0.4, -0.2) is 0 Å². The zero-order chi connectivity index (χ0) is 12.2. The first kappa shape index (κ1) is 24.2. The summed E-state index contributed by atoms with van der Waals surface area (Å²) >= 11 is 1.82. The Labute approximate surface area is 107 Å². The molecule has 0 heterocycles. The number of hydrogen-bond donors (Lipinski definition) is 0. The summed E-state index contributed by atoms with van der Waals surface area (Å²) in [6, 6.07) is 0. The monoisotopic (exact) mass is 308 g/mol. The second kappa shape index (κ2) is 48.5. The molecule has 0 N–H and O–H groups in total. The van der Waals surface area contributed by atoms with Gasteiger partial charge in [-0.05, 0) is 0 Å². The molecule has 0 spiro atoms. The van der Waals surface area contributed by atoms with Gasteiger partial charge < -0.3 is 20.8 Å². The van der Waals surface area contributed by atoms with Gasteiger partial charge in [-0.25, -0.2) is 0 Å². The summed E-state index contributed by atoms with van der Waals surface area (Å²) in [5.41, 5.74) is 0. The van der Waals surface area contributed by atoms with Crippen LogP contribution < -0.4 is 0 Å². The summed E-state index contributed by atoms with van der Waals surface area (Å²) in [5.74, 6) is 0. The average molecular weight is 308 g/mol. The van der Waals surface area contributed by atoms with Crippen molar-refractivity contribution < 1.29 is 17.3 Å². The SMILES string of the molecule is [CH2-]CCC.[CH2-]CCC.[CH2-]CCC.[Cl][Ru+3].